The Morgan fingerprint density at radius 1 is 1.36 bits per heavy atom. The molecule has 0 radical (unpaired) electrons. The first-order valence-corrected chi connectivity index (χ1v) is 4.67. The third-order valence-electron chi connectivity index (χ3n) is 1.76. The summed E-state index contributed by atoms with van der Waals surface area (Å²) in [6, 6.07) is 7.29. The Morgan fingerprint density at radius 2 is 1.93 bits per heavy atom. The van der Waals surface area contributed by atoms with Crippen LogP contribution in [0.1, 0.15) is 5.56 Å². The molecule has 0 atom stereocenters. The van der Waals surface area contributed by atoms with Gasteiger partial charge in [-0.1, -0.05) is 23.7 Å². The molecule has 0 aliphatic rings. The van der Waals surface area contributed by atoms with Gasteiger partial charge in [0, 0.05) is 25.7 Å². The summed E-state index contributed by atoms with van der Waals surface area (Å²) in [5.41, 5.74) is 1.03. The van der Waals surface area contributed by atoms with Crippen LogP contribution in [-0.2, 0) is 6.54 Å². The quantitative estimate of drug-likeness (QED) is 0.800. The summed E-state index contributed by atoms with van der Waals surface area (Å²) in [4.78, 5) is 12.7. The molecule has 76 valence electrons. The Labute approximate surface area is 88.7 Å². The second-order valence-electron chi connectivity index (χ2n) is 3.18. The highest BCUT2D eigenvalue weighted by Crippen LogP contribution is 2.08. The summed E-state index contributed by atoms with van der Waals surface area (Å²) in [7, 11) is 3.41. The van der Waals surface area contributed by atoms with E-state index in [9.17, 15) is 4.79 Å². The molecule has 0 saturated heterocycles. The van der Waals surface area contributed by atoms with E-state index in [1.165, 1.54) is 4.90 Å². The Balaban J connectivity index is 2.46. The van der Waals surface area contributed by atoms with Crippen LogP contribution in [0.4, 0.5) is 4.79 Å². The largest absolute Gasteiger partial charge is 0.334 e. The lowest BCUT2D eigenvalue weighted by molar-refractivity contribution is 0.217. The minimum atomic E-state index is -0.0973. The molecule has 2 amide bonds. The topological polar surface area (TPSA) is 32.3 Å². The van der Waals surface area contributed by atoms with Crippen LogP contribution < -0.4 is 5.32 Å². The average Bonchev–Trinajstić information content (AvgIpc) is 2.16. The van der Waals surface area contributed by atoms with E-state index >= 15 is 0 Å². The van der Waals surface area contributed by atoms with Crippen LogP contribution in [0, 0.1) is 0 Å². The molecule has 0 heterocycles. The van der Waals surface area contributed by atoms with Crippen LogP contribution in [-0.4, -0.2) is 25.0 Å². The number of hydrogen-bond donors (Lipinski definition) is 1. The maximum absolute atomic E-state index is 11.2. The van der Waals surface area contributed by atoms with Gasteiger partial charge in [-0.25, -0.2) is 4.79 Å². The SMILES string of the molecule is CN(C)C(=O)NCc1ccc(Cl)cc1. The van der Waals surface area contributed by atoms with Gasteiger partial charge in [-0.3, -0.25) is 0 Å². The molecular weight excluding hydrogens is 200 g/mol. The van der Waals surface area contributed by atoms with Crippen molar-refractivity contribution in [2.45, 2.75) is 6.54 Å². The Bertz CT molecular complexity index is 308. The third-order valence-corrected chi connectivity index (χ3v) is 2.02. The number of benzene rings is 1. The van der Waals surface area contributed by atoms with Crippen LogP contribution in [0.15, 0.2) is 24.3 Å². The highest BCUT2D eigenvalue weighted by molar-refractivity contribution is 6.30. The molecule has 1 aromatic rings. The monoisotopic (exact) mass is 212 g/mol. The number of nitrogens with one attached hydrogen (secondary N) is 1. The van der Waals surface area contributed by atoms with Crippen LogP contribution in [0.5, 0.6) is 0 Å². The lowest BCUT2D eigenvalue weighted by atomic mass is 10.2. The van der Waals surface area contributed by atoms with Crippen molar-refractivity contribution >= 4 is 17.6 Å². The number of halogens is 1. The van der Waals surface area contributed by atoms with Gasteiger partial charge >= 0.3 is 6.03 Å². The predicted molar refractivity (Wildman–Crippen MR) is 57.4 cm³/mol. The maximum atomic E-state index is 11.2. The molecular formula is C10H13ClN2O. The molecule has 0 aliphatic heterocycles. The lowest BCUT2D eigenvalue weighted by Gasteiger charge is -2.11. The lowest BCUT2D eigenvalue weighted by Crippen LogP contribution is -2.33. The van der Waals surface area contributed by atoms with E-state index in [4.69, 9.17) is 11.6 Å². The van der Waals surface area contributed by atoms with Crippen molar-refractivity contribution in [2.75, 3.05) is 14.1 Å². The third kappa shape index (κ3) is 3.26. The van der Waals surface area contributed by atoms with Crippen molar-refractivity contribution in [3.63, 3.8) is 0 Å². The molecule has 0 aliphatic carbocycles. The molecule has 0 bridgehead atoms. The van der Waals surface area contributed by atoms with E-state index in [1.807, 2.05) is 12.1 Å². The van der Waals surface area contributed by atoms with Gasteiger partial charge in [0.15, 0.2) is 0 Å². The number of amides is 2. The molecule has 0 fully saturated rings. The summed E-state index contributed by atoms with van der Waals surface area (Å²) in [6.07, 6.45) is 0. The first kappa shape index (κ1) is 10.9. The molecule has 0 unspecified atom stereocenters. The second kappa shape index (κ2) is 4.86. The maximum Gasteiger partial charge on any atom is 0.317 e. The Kier molecular flexibility index (Phi) is 3.77. The van der Waals surface area contributed by atoms with Crippen LogP contribution in [0.25, 0.3) is 0 Å². The summed E-state index contributed by atoms with van der Waals surface area (Å²) in [5, 5.41) is 3.46. The number of carbonyl (C=O) groups excluding carboxylic acids is 1. The van der Waals surface area contributed by atoms with Crippen molar-refractivity contribution in [3.05, 3.63) is 34.9 Å². The molecule has 3 nitrogen and oxygen atoms in total. The van der Waals surface area contributed by atoms with Gasteiger partial charge in [-0.2, -0.15) is 0 Å². The van der Waals surface area contributed by atoms with Crippen molar-refractivity contribution < 1.29 is 4.79 Å². The van der Waals surface area contributed by atoms with E-state index in [-0.39, 0.29) is 6.03 Å². The van der Waals surface area contributed by atoms with E-state index < -0.39 is 0 Å². The van der Waals surface area contributed by atoms with Crippen LogP contribution in [0.3, 0.4) is 0 Å². The van der Waals surface area contributed by atoms with Gasteiger partial charge in [0.05, 0.1) is 0 Å². The fraction of sp³-hybridized carbons (Fsp3) is 0.300. The zero-order valence-electron chi connectivity index (χ0n) is 8.25. The standard InChI is InChI=1S/C10H13ClN2O/c1-13(2)10(14)12-7-8-3-5-9(11)6-4-8/h3-6H,7H2,1-2H3,(H,12,14). The van der Waals surface area contributed by atoms with Gasteiger partial charge in [-0.05, 0) is 17.7 Å². The Hall–Kier alpha value is -1.22. The molecule has 4 heteroatoms. The van der Waals surface area contributed by atoms with Crippen molar-refractivity contribution in [3.8, 4) is 0 Å². The van der Waals surface area contributed by atoms with Crippen LogP contribution >= 0.6 is 11.6 Å². The number of hydrogen-bond acceptors (Lipinski definition) is 1. The number of carbonyl (C=O) groups is 1. The second-order valence-corrected chi connectivity index (χ2v) is 3.62. The zero-order valence-corrected chi connectivity index (χ0v) is 9.01. The zero-order chi connectivity index (χ0) is 10.6. The first-order chi connectivity index (χ1) is 6.59. The van der Waals surface area contributed by atoms with Gasteiger partial charge in [0.25, 0.3) is 0 Å². The van der Waals surface area contributed by atoms with Crippen molar-refractivity contribution in [1.29, 1.82) is 0 Å². The number of rotatable bonds is 2. The van der Waals surface area contributed by atoms with Gasteiger partial charge in [-0.15, -0.1) is 0 Å². The van der Waals surface area contributed by atoms with E-state index in [0.717, 1.165) is 5.56 Å². The van der Waals surface area contributed by atoms with Crippen LogP contribution in [0.2, 0.25) is 5.02 Å². The highest BCUT2D eigenvalue weighted by Gasteiger charge is 2.01. The molecule has 1 N–H and O–H groups in total. The fourth-order valence-electron chi connectivity index (χ4n) is 0.938. The van der Waals surface area contributed by atoms with Crippen molar-refractivity contribution in [1.82, 2.24) is 10.2 Å². The molecule has 0 aromatic heterocycles. The Morgan fingerprint density at radius 3 is 2.43 bits per heavy atom. The molecule has 1 aromatic carbocycles. The smallest absolute Gasteiger partial charge is 0.317 e. The van der Waals surface area contributed by atoms with Gasteiger partial charge < -0.3 is 10.2 Å². The molecule has 0 saturated carbocycles. The summed E-state index contributed by atoms with van der Waals surface area (Å²) >= 11 is 5.73. The average molecular weight is 213 g/mol. The fourth-order valence-corrected chi connectivity index (χ4v) is 1.06. The first-order valence-electron chi connectivity index (χ1n) is 4.29. The number of urea groups is 1. The van der Waals surface area contributed by atoms with Gasteiger partial charge in [0.1, 0.15) is 0 Å². The molecule has 1 rings (SSSR count). The van der Waals surface area contributed by atoms with E-state index in [2.05, 4.69) is 5.32 Å². The number of nitrogens with zero attached hydrogens (tertiary/aromatic N) is 1. The van der Waals surface area contributed by atoms with Crippen molar-refractivity contribution in [2.24, 2.45) is 0 Å². The summed E-state index contributed by atoms with van der Waals surface area (Å²) in [6.45, 7) is 0.522. The summed E-state index contributed by atoms with van der Waals surface area (Å²) < 4.78 is 0. The minimum Gasteiger partial charge on any atom is -0.334 e. The predicted octanol–water partition coefficient (Wildman–Crippen LogP) is 2.11. The molecule has 0 spiro atoms. The molecule has 14 heavy (non-hydrogen) atoms. The van der Waals surface area contributed by atoms with E-state index in [0.29, 0.717) is 11.6 Å². The van der Waals surface area contributed by atoms with E-state index in [1.54, 1.807) is 26.2 Å². The summed E-state index contributed by atoms with van der Waals surface area (Å²) in [5.74, 6) is 0. The van der Waals surface area contributed by atoms with Gasteiger partial charge in [0.2, 0.25) is 0 Å². The minimum absolute atomic E-state index is 0.0973. The normalized spacial score (nSPS) is 9.64. The highest BCUT2D eigenvalue weighted by atomic mass is 35.5.